The summed E-state index contributed by atoms with van der Waals surface area (Å²) in [7, 11) is 1.72. The van der Waals surface area contributed by atoms with Crippen molar-refractivity contribution in [2.75, 3.05) is 6.54 Å². The lowest BCUT2D eigenvalue weighted by atomic mass is 10.4. The van der Waals surface area contributed by atoms with Gasteiger partial charge in [0.2, 0.25) is 0 Å². The molecule has 1 rings (SSSR count). The normalized spacial score (nSPS) is 9.69. The van der Waals surface area contributed by atoms with Crippen LogP contribution >= 0.6 is 15.9 Å². The molecule has 0 aromatic carbocycles. The third kappa shape index (κ3) is 2.69. The number of hydrogen-bond donors (Lipinski definition) is 1. The van der Waals surface area contributed by atoms with E-state index in [1.807, 2.05) is 0 Å². The molecule has 1 aromatic rings. The molecular formula is C8H10BrN3O. The van der Waals surface area contributed by atoms with Crippen LogP contribution in [-0.2, 0) is 7.05 Å². The van der Waals surface area contributed by atoms with Crippen molar-refractivity contribution in [2.45, 2.75) is 0 Å². The molecule has 0 fully saturated rings. The first-order valence-corrected chi connectivity index (χ1v) is 4.50. The summed E-state index contributed by atoms with van der Waals surface area (Å²) >= 11 is 3.15. The Balaban J connectivity index is 2.59. The topological polar surface area (TPSA) is 46.9 Å². The van der Waals surface area contributed by atoms with Gasteiger partial charge in [-0.3, -0.25) is 9.48 Å². The lowest BCUT2D eigenvalue weighted by Crippen LogP contribution is -2.26. The first-order chi connectivity index (χ1) is 6.11. The summed E-state index contributed by atoms with van der Waals surface area (Å²) in [4.78, 5) is 11.4. The molecule has 0 aliphatic heterocycles. The van der Waals surface area contributed by atoms with Gasteiger partial charge in [-0.2, -0.15) is 5.10 Å². The molecule has 0 atom stereocenters. The van der Waals surface area contributed by atoms with Crippen LogP contribution in [0.1, 0.15) is 10.5 Å². The highest BCUT2D eigenvalue weighted by Crippen LogP contribution is 1.99. The first kappa shape index (κ1) is 9.98. The molecule has 0 unspecified atom stereocenters. The Morgan fingerprint density at radius 2 is 2.54 bits per heavy atom. The number of nitrogens with one attached hydrogen (secondary N) is 1. The van der Waals surface area contributed by atoms with E-state index >= 15 is 0 Å². The Morgan fingerprint density at radius 3 is 3.00 bits per heavy atom. The van der Waals surface area contributed by atoms with Crippen molar-refractivity contribution in [2.24, 2.45) is 7.05 Å². The third-order valence-corrected chi connectivity index (χ3v) is 1.77. The number of aromatic nitrogens is 2. The average molecular weight is 244 g/mol. The summed E-state index contributed by atoms with van der Waals surface area (Å²) in [6.07, 6.45) is 1.58. The van der Waals surface area contributed by atoms with E-state index in [4.69, 9.17) is 0 Å². The number of rotatable bonds is 3. The Labute approximate surface area is 84.8 Å². The molecule has 0 saturated heterocycles. The molecule has 0 spiro atoms. The van der Waals surface area contributed by atoms with Crippen molar-refractivity contribution in [1.29, 1.82) is 0 Å². The molecule has 0 saturated carbocycles. The van der Waals surface area contributed by atoms with E-state index in [0.29, 0.717) is 12.2 Å². The molecule has 1 heterocycles. The van der Waals surface area contributed by atoms with Crippen molar-refractivity contribution in [3.8, 4) is 0 Å². The molecule has 1 amide bonds. The minimum Gasteiger partial charge on any atom is -0.346 e. The zero-order valence-electron chi connectivity index (χ0n) is 7.25. The van der Waals surface area contributed by atoms with E-state index in [0.717, 1.165) is 4.48 Å². The number of halogens is 1. The smallest absolute Gasteiger partial charge is 0.269 e. The molecule has 1 N–H and O–H groups in total. The van der Waals surface area contributed by atoms with Gasteiger partial charge < -0.3 is 5.32 Å². The molecule has 1 aromatic heterocycles. The fourth-order valence-electron chi connectivity index (χ4n) is 0.863. The molecule has 70 valence electrons. The maximum absolute atomic E-state index is 11.4. The summed E-state index contributed by atoms with van der Waals surface area (Å²) in [6, 6.07) is 1.66. The summed E-state index contributed by atoms with van der Waals surface area (Å²) in [5.74, 6) is -0.152. The Hall–Kier alpha value is -1.10. The number of hydrogen-bond acceptors (Lipinski definition) is 2. The lowest BCUT2D eigenvalue weighted by molar-refractivity contribution is 0.0948. The summed E-state index contributed by atoms with van der Waals surface area (Å²) in [6.45, 7) is 4.03. The van der Waals surface area contributed by atoms with Gasteiger partial charge in [-0.05, 0) is 6.07 Å². The number of nitrogens with zero attached hydrogens (tertiary/aromatic N) is 2. The van der Waals surface area contributed by atoms with Crippen LogP contribution in [0, 0.1) is 0 Å². The van der Waals surface area contributed by atoms with Crippen molar-refractivity contribution in [3.05, 3.63) is 29.0 Å². The van der Waals surface area contributed by atoms with Crippen LogP contribution in [-0.4, -0.2) is 22.2 Å². The highest BCUT2D eigenvalue weighted by Gasteiger charge is 2.08. The molecule has 0 aliphatic rings. The molecule has 0 radical (unpaired) electrons. The van der Waals surface area contributed by atoms with Crippen LogP contribution < -0.4 is 5.32 Å². The van der Waals surface area contributed by atoms with E-state index in [2.05, 4.69) is 32.9 Å². The van der Waals surface area contributed by atoms with E-state index < -0.39 is 0 Å². The SMILES string of the molecule is C=C(Br)CNC(=O)c1ccnn1C. The second-order valence-corrected chi connectivity index (χ2v) is 3.66. The predicted molar refractivity (Wildman–Crippen MR) is 53.6 cm³/mol. The molecule has 0 bridgehead atoms. The maximum atomic E-state index is 11.4. The van der Waals surface area contributed by atoms with Gasteiger partial charge in [0.1, 0.15) is 5.69 Å². The molecule has 13 heavy (non-hydrogen) atoms. The molecule has 4 nitrogen and oxygen atoms in total. The van der Waals surface area contributed by atoms with Gasteiger partial charge in [0.05, 0.1) is 0 Å². The first-order valence-electron chi connectivity index (χ1n) is 3.70. The third-order valence-electron chi connectivity index (χ3n) is 1.49. The monoisotopic (exact) mass is 243 g/mol. The summed E-state index contributed by atoms with van der Waals surface area (Å²) in [5, 5.41) is 6.57. The summed E-state index contributed by atoms with van der Waals surface area (Å²) in [5.41, 5.74) is 0.536. The Kier molecular flexibility index (Phi) is 3.25. The van der Waals surface area contributed by atoms with Gasteiger partial charge in [0.15, 0.2) is 0 Å². The van der Waals surface area contributed by atoms with E-state index in [9.17, 15) is 4.79 Å². The number of amides is 1. The van der Waals surface area contributed by atoms with Crippen LogP contribution in [0.4, 0.5) is 0 Å². The second kappa shape index (κ2) is 4.23. The van der Waals surface area contributed by atoms with E-state index in [1.54, 1.807) is 19.3 Å². The highest BCUT2D eigenvalue weighted by molar-refractivity contribution is 9.11. The number of aryl methyl sites for hydroxylation is 1. The van der Waals surface area contributed by atoms with E-state index in [1.165, 1.54) is 4.68 Å². The zero-order chi connectivity index (χ0) is 9.84. The standard InChI is InChI=1S/C8H10BrN3O/c1-6(9)5-10-8(13)7-3-4-11-12(7)2/h3-4H,1,5H2,2H3,(H,10,13). The van der Waals surface area contributed by atoms with Gasteiger partial charge in [-0.1, -0.05) is 22.5 Å². The van der Waals surface area contributed by atoms with Crippen molar-refractivity contribution >= 4 is 21.8 Å². The van der Waals surface area contributed by atoms with Gasteiger partial charge in [0.25, 0.3) is 5.91 Å². The van der Waals surface area contributed by atoms with Gasteiger partial charge in [-0.25, -0.2) is 0 Å². The van der Waals surface area contributed by atoms with Crippen molar-refractivity contribution in [3.63, 3.8) is 0 Å². The Morgan fingerprint density at radius 1 is 1.85 bits per heavy atom. The zero-order valence-corrected chi connectivity index (χ0v) is 8.84. The van der Waals surface area contributed by atoms with Crippen LogP contribution in [0.25, 0.3) is 0 Å². The quantitative estimate of drug-likeness (QED) is 0.864. The van der Waals surface area contributed by atoms with Crippen LogP contribution in [0.15, 0.2) is 23.3 Å². The second-order valence-electron chi connectivity index (χ2n) is 2.54. The van der Waals surface area contributed by atoms with Crippen LogP contribution in [0.3, 0.4) is 0 Å². The molecule has 0 aliphatic carbocycles. The highest BCUT2D eigenvalue weighted by atomic mass is 79.9. The van der Waals surface area contributed by atoms with E-state index in [-0.39, 0.29) is 5.91 Å². The minimum atomic E-state index is -0.152. The fourth-order valence-corrected chi connectivity index (χ4v) is 1.00. The fraction of sp³-hybridized carbons (Fsp3) is 0.250. The van der Waals surface area contributed by atoms with Gasteiger partial charge in [0, 0.05) is 24.3 Å². The van der Waals surface area contributed by atoms with Crippen LogP contribution in [0.5, 0.6) is 0 Å². The maximum Gasteiger partial charge on any atom is 0.269 e. The van der Waals surface area contributed by atoms with Crippen LogP contribution in [0.2, 0.25) is 0 Å². The summed E-state index contributed by atoms with van der Waals surface area (Å²) < 4.78 is 2.26. The minimum absolute atomic E-state index is 0.152. The molecule has 5 heteroatoms. The lowest BCUT2D eigenvalue weighted by Gasteiger charge is -2.03. The van der Waals surface area contributed by atoms with Gasteiger partial charge >= 0.3 is 0 Å². The van der Waals surface area contributed by atoms with Crippen molar-refractivity contribution < 1.29 is 4.79 Å². The Bertz CT molecular complexity index is 332. The predicted octanol–water partition coefficient (Wildman–Crippen LogP) is 1.06. The number of carbonyl (C=O) groups is 1. The van der Waals surface area contributed by atoms with Gasteiger partial charge in [-0.15, -0.1) is 0 Å². The average Bonchev–Trinajstić information content (AvgIpc) is 2.47. The number of carbonyl (C=O) groups excluding carboxylic acids is 1. The largest absolute Gasteiger partial charge is 0.346 e. The molecular weight excluding hydrogens is 234 g/mol. The van der Waals surface area contributed by atoms with Crippen molar-refractivity contribution in [1.82, 2.24) is 15.1 Å².